The van der Waals surface area contributed by atoms with E-state index in [0.717, 1.165) is 12.8 Å². The van der Waals surface area contributed by atoms with Crippen LogP contribution in [0.1, 0.15) is 24.8 Å². The summed E-state index contributed by atoms with van der Waals surface area (Å²) in [6.07, 6.45) is 0.939. The van der Waals surface area contributed by atoms with Gasteiger partial charge in [-0.2, -0.15) is 0 Å². The number of ether oxygens (including phenoxy) is 2. The van der Waals surface area contributed by atoms with Gasteiger partial charge in [0.05, 0.1) is 37.9 Å². The van der Waals surface area contributed by atoms with Crippen LogP contribution < -0.4 is 5.32 Å². The Hall–Kier alpha value is -1.54. The minimum atomic E-state index is -0.619. The molecule has 0 aliphatic carbocycles. The van der Waals surface area contributed by atoms with E-state index in [4.69, 9.17) is 9.47 Å². The molecule has 2 aliphatic rings. The number of amides is 1. The van der Waals surface area contributed by atoms with Gasteiger partial charge in [-0.3, -0.25) is 9.69 Å². The predicted octanol–water partition coefficient (Wildman–Crippen LogP) is 1.07. The third-order valence-corrected chi connectivity index (χ3v) is 5.11. The summed E-state index contributed by atoms with van der Waals surface area (Å²) < 4.78 is 25.8. The summed E-state index contributed by atoms with van der Waals surface area (Å²) in [7, 11) is 1.62. The lowest BCUT2D eigenvalue weighted by Crippen LogP contribution is -2.55. The number of rotatable bonds is 4. The van der Waals surface area contributed by atoms with Crippen LogP contribution in [0.15, 0.2) is 24.3 Å². The Labute approximate surface area is 153 Å². The fourth-order valence-corrected chi connectivity index (χ4v) is 3.78. The minimum absolute atomic E-state index is 0.0190. The normalized spacial score (nSPS) is 30.1. The van der Waals surface area contributed by atoms with Crippen molar-refractivity contribution in [1.82, 2.24) is 10.2 Å². The van der Waals surface area contributed by atoms with Crippen molar-refractivity contribution in [2.24, 2.45) is 0 Å². The van der Waals surface area contributed by atoms with Crippen LogP contribution in [0.5, 0.6) is 0 Å². The molecular formula is C19H27FN2O4. The molecule has 0 spiro atoms. The molecule has 2 fully saturated rings. The summed E-state index contributed by atoms with van der Waals surface area (Å²) in [5.41, 5.74) is 0.604. The zero-order valence-electron chi connectivity index (χ0n) is 15.1. The molecule has 4 atom stereocenters. The van der Waals surface area contributed by atoms with Gasteiger partial charge in [0.2, 0.25) is 5.91 Å². The lowest BCUT2D eigenvalue weighted by atomic mass is 9.94. The summed E-state index contributed by atoms with van der Waals surface area (Å²) in [4.78, 5) is 13.7. The lowest BCUT2D eigenvalue weighted by molar-refractivity contribution is -0.158. The van der Waals surface area contributed by atoms with Crippen LogP contribution in [-0.4, -0.2) is 67.1 Å². The maximum Gasteiger partial charge on any atom is 0.222 e. The topological polar surface area (TPSA) is 71.0 Å². The number of hydrogen-bond acceptors (Lipinski definition) is 5. The van der Waals surface area contributed by atoms with Crippen LogP contribution in [-0.2, 0) is 20.8 Å². The first-order chi connectivity index (χ1) is 12.6. The van der Waals surface area contributed by atoms with E-state index in [2.05, 4.69) is 10.2 Å². The van der Waals surface area contributed by atoms with Crippen LogP contribution in [0.4, 0.5) is 4.39 Å². The van der Waals surface area contributed by atoms with Crippen LogP contribution in [0.3, 0.4) is 0 Å². The molecule has 2 saturated heterocycles. The van der Waals surface area contributed by atoms with Gasteiger partial charge in [-0.1, -0.05) is 18.2 Å². The first kappa shape index (κ1) is 19.2. The molecule has 0 unspecified atom stereocenters. The van der Waals surface area contributed by atoms with E-state index in [1.807, 2.05) is 6.07 Å². The van der Waals surface area contributed by atoms with E-state index in [1.165, 1.54) is 6.07 Å². The second-order valence-electron chi connectivity index (χ2n) is 7.03. The highest BCUT2D eigenvalue weighted by atomic mass is 19.1. The largest absolute Gasteiger partial charge is 0.389 e. The van der Waals surface area contributed by atoms with E-state index >= 15 is 0 Å². The average Bonchev–Trinajstić information content (AvgIpc) is 2.62. The molecule has 1 aromatic carbocycles. The zero-order chi connectivity index (χ0) is 18.5. The fourth-order valence-electron chi connectivity index (χ4n) is 3.78. The molecule has 1 amide bonds. The zero-order valence-corrected chi connectivity index (χ0v) is 15.1. The van der Waals surface area contributed by atoms with Crippen LogP contribution >= 0.6 is 0 Å². The highest BCUT2D eigenvalue weighted by molar-refractivity contribution is 5.76. The number of nitrogens with zero attached hydrogens (tertiary/aromatic N) is 1. The number of aliphatic hydroxyl groups is 1. The van der Waals surface area contributed by atoms with E-state index in [-0.39, 0.29) is 36.6 Å². The van der Waals surface area contributed by atoms with Gasteiger partial charge < -0.3 is 19.9 Å². The Morgan fingerprint density at radius 1 is 1.35 bits per heavy atom. The molecule has 0 bridgehead atoms. The molecule has 3 rings (SSSR count). The monoisotopic (exact) mass is 366 g/mol. The third kappa shape index (κ3) is 4.79. The number of nitrogens with one attached hydrogen (secondary N) is 1. The van der Waals surface area contributed by atoms with Crippen molar-refractivity contribution in [3.63, 3.8) is 0 Å². The Kier molecular flexibility index (Phi) is 6.58. The Balaban J connectivity index is 1.73. The second-order valence-corrected chi connectivity index (χ2v) is 7.03. The number of benzene rings is 1. The van der Waals surface area contributed by atoms with Gasteiger partial charge in [-0.05, 0) is 18.9 Å². The van der Waals surface area contributed by atoms with Crippen molar-refractivity contribution in [1.29, 1.82) is 0 Å². The van der Waals surface area contributed by atoms with Crippen molar-refractivity contribution < 1.29 is 23.8 Å². The van der Waals surface area contributed by atoms with Gasteiger partial charge >= 0.3 is 0 Å². The molecule has 2 heterocycles. The molecular weight excluding hydrogens is 339 g/mol. The molecule has 0 radical (unpaired) electrons. The Morgan fingerprint density at radius 3 is 2.92 bits per heavy atom. The van der Waals surface area contributed by atoms with Gasteiger partial charge in [-0.15, -0.1) is 0 Å². The maximum absolute atomic E-state index is 14.1. The number of hydrogen-bond donors (Lipinski definition) is 2. The molecule has 0 saturated carbocycles. The van der Waals surface area contributed by atoms with Gasteiger partial charge in [0.1, 0.15) is 5.82 Å². The number of aliphatic hydroxyl groups excluding tert-OH is 1. The SMILES string of the molecule is CNC(=O)C[C@@H]1CC[C@@H]2[C@H](COC[C@H](O)CN2Cc2ccccc2F)O1. The van der Waals surface area contributed by atoms with Crippen LogP contribution in [0.25, 0.3) is 0 Å². The molecule has 26 heavy (non-hydrogen) atoms. The van der Waals surface area contributed by atoms with Crippen molar-refractivity contribution in [3.8, 4) is 0 Å². The molecule has 144 valence electrons. The van der Waals surface area contributed by atoms with Crippen LogP contribution in [0.2, 0.25) is 0 Å². The van der Waals surface area contributed by atoms with E-state index in [1.54, 1.807) is 19.2 Å². The number of β-amino-alcohol motifs (C(OH)–C–C–N with tert-alkyl or cyclic N) is 1. The number of halogens is 1. The third-order valence-electron chi connectivity index (χ3n) is 5.11. The Bertz CT molecular complexity index is 615. The molecule has 1 aromatic rings. The summed E-state index contributed by atoms with van der Waals surface area (Å²) in [6, 6.07) is 6.73. The molecule has 7 heteroatoms. The van der Waals surface area contributed by atoms with Gasteiger partial charge in [0.15, 0.2) is 0 Å². The number of fused-ring (bicyclic) bond motifs is 1. The summed E-state index contributed by atoms with van der Waals surface area (Å²) in [5.74, 6) is -0.287. The summed E-state index contributed by atoms with van der Waals surface area (Å²) in [6.45, 7) is 1.40. The average molecular weight is 366 g/mol. The molecule has 2 N–H and O–H groups in total. The standard InChI is InChI=1S/C19H27FN2O4/c1-21-19(24)8-15-6-7-17-18(26-15)12-25-11-14(23)10-22(17)9-13-4-2-3-5-16(13)20/h2-5,14-15,17-18,23H,6-12H2,1H3,(H,21,24)/t14-,15+,17-,18+/m1/s1. The highest BCUT2D eigenvalue weighted by Crippen LogP contribution is 2.29. The summed E-state index contributed by atoms with van der Waals surface area (Å²) in [5, 5.41) is 12.8. The first-order valence-electron chi connectivity index (χ1n) is 9.16. The fraction of sp³-hybridized carbons (Fsp3) is 0.632. The maximum atomic E-state index is 14.1. The van der Waals surface area contributed by atoms with E-state index in [0.29, 0.717) is 31.7 Å². The predicted molar refractivity (Wildman–Crippen MR) is 94.0 cm³/mol. The Morgan fingerprint density at radius 2 is 2.15 bits per heavy atom. The van der Waals surface area contributed by atoms with Crippen molar-refractivity contribution in [3.05, 3.63) is 35.6 Å². The van der Waals surface area contributed by atoms with E-state index < -0.39 is 6.10 Å². The van der Waals surface area contributed by atoms with Gasteiger partial charge in [-0.25, -0.2) is 4.39 Å². The van der Waals surface area contributed by atoms with Crippen LogP contribution in [0, 0.1) is 5.82 Å². The number of carbonyl (C=O) groups is 1. The van der Waals surface area contributed by atoms with E-state index in [9.17, 15) is 14.3 Å². The molecule has 2 aliphatic heterocycles. The van der Waals surface area contributed by atoms with Gasteiger partial charge in [0.25, 0.3) is 0 Å². The van der Waals surface area contributed by atoms with Gasteiger partial charge in [0, 0.05) is 31.7 Å². The van der Waals surface area contributed by atoms with Crippen molar-refractivity contribution >= 4 is 5.91 Å². The lowest BCUT2D eigenvalue weighted by Gasteiger charge is -2.44. The smallest absolute Gasteiger partial charge is 0.222 e. The molecule has 0 aromatic heterocycles. The van der Waals surface area contributed by atoms with Crippen molar-refractivity contribution in [2.45, 2.75) is 50.2 Å². The van der Waals surface area contributed by atoms with Crippen molar-refractivity contribution in [2.75, 3.05) is 26.8 Å². The second kappa shape index (κ2) is 8.90. The summed E-state index contributed by atoms with van der Waals surface area (Å²) >= 11 is 0. The first-order valence-corrected chi connectivity index (χ1v) is 9.16. The minimum Gasteiger partial charge on any atom is -0.389 e. The molecule has 6 nitrogen and oxygen atoms in total. The highest BCUT2D eigenvalue weighted by Gasteiger charge is 2.38. The quantitative estimate of drug-likeness (QED) is 0.834. The number of carbonyl (C=O) groups excluding carboxylic acids is 1.